The van der Waals surface area contributed by atoms with Crippen molar-refractivity contribution < 1.29 is 13.7 Å². The maximum absolute atomic E-state index is 15.4. The van der Waals surface area contributed by atoms with Crippen molar-refractivity contribution in [2.24, 2.45) is 0 Å². The lowest BCUT2D eigenvalue weighted by atomic mass is 10.1. The molecule has 1 aliphatic rings. The second kappa shape index (κ2) is 6.36. The first-order valence-electron chi connectivity index (χ1n) is 8.43. The molecule has 3 heterocycles. The van der Waals surface area contributed by atoms with E-state index in [-0.39, 0.29) is 24.8 Å². The molecule has 134 valence electrons. The van der Waals surface area contributed by atoms with E-state index in [2.05, 4.69) is 15.2 Å². The van der Waals surface area contributed by atoms with Crippen molar-refractivity contribution in [3.05, 3.63) is 54.7 Å². The number of amides is 1. The summed E-state index contributed by atoms with van der Waals surface area (Å²) in [5, 5.41) is 7.95. The van der Waals surface area contributed by atoms with E-state index in [4.69, 9.17) is 4.52 Å². The summed E-state index contributed by atoms with van der Waals surface area (Å²) in [6.07, 6.45) is 3.45. The van der Waals surface area contributed by atoms with Crippen LogP contribution in [0.25, 0.3) is 11.4 Å². The van der Waals surface area contributed by atoms with E-state index in [1.807, 2.05) is 30.3 Å². The Labute approximate surface area is 149 Å². The van der Waals surface area contributed by atoms with Crippen LogP contribution in [0.5, 0.6) is 0 Å². The minimum absolute atomic E-state index is 0.0848. The first kappa shape index (κ1) is 16.4. The zero-order chi connectivity index (χ0) is 18.1. The zero-order valence-corrected chi connectivity index (χ0v) is 14.2. The van der Waals surface area contributed by atoms with Gasteiger partial charge in [-0.15, -0.1) is 0 Å². The highest BCUT2D eigenvalue weighted by atomic mass is 19.1. The van der Waals surface area contributed by atoms with Crippen LogP contribution >= 0.6 is 0 Å². The molecule has 1 fully saturated rings. The van der Waals surface area contributed by atoms with Crippen LogP contribution in [0.2, 0.25) is 0 Å². The number of alkyl halides is 1. The lowest BCUT2D eigenvalue weighted by Gasteiger charge is -2.21. The van der Waals surface area contributed by atoms with Crippen LogP contribution in [-0.4, -0.2) is 43.8 Å². The van der Waals surface area contributed by atoms with Crippen molar-refractivity contribution in [2.45, 2.75) is 25.1 Å². The van der Waals surface area contributed by atoms with E-state index >= 15 is 4.39 Å². The minimum Gasteiger partial charge on any atom is -0.337 e. The molecule has 2 aromatic heterocycles. The first-order chi connectivity index (χ1) is 12.6. The van der Waals surface area contributed by atoms with Crippen LogP contribution in [0.1, 0.15) is 25.3 Å². The number of benzene rings is 1. The number of halogens is 1. The molecule has 1 aromatic carbocycles. The summed E-state index contributed by atoms with van der Waals surface area (Å²) < 4.78 is 22.1. The van der Waals surface area contributed by atoms with Crippen molar-refractivity contribution in [3.63, 3.8) is 0 Å². The second-order valence-corrected chi connectivity index (χ2v) is 6.43. The molecular weight excluding hydrogens is 337 g/mol. The Balaban J connectivity index is 1.50. The molecule has 4 rings (SSSR count). The Bertz CT molecular complexity index is 895. The topological polar surface area (TPSA) is 77.0 Å². The molecule has 0 saturated carbocycles. The molecule has 1 saturated heterocycles. The van der Waals surface area contributed by atoms with Crippen molar-refractivity contribution in [1.82, 2.24) is 24.8 Å². The maximum Gasteiger partial charge on any atom is 0.266 e. The number of hydrogen-bond donors (Lipinski definition) is 0. The average molecular weight is 355 g/mol. The minimum atomic E-state index is -1.83. The molecule has 2 unspecified atom stereocenters. The number of aromatic nitrogens is 4. The van der Waals surface area contributed by atoms with Crippen LogP contribution in [0.4, 0.5) is 4.39 Å². The fraction of sp³-hybridized carbons (Fsp3) is 0.333. The van der Waals surface area contributed by atoms with Gasteiger partial charge in [0.15, 0.2) is 0 Å². The fourth-order valence-corrected chi connectivity index (χ4v) is 3.13. The summed E-state index contributed by atoms with van der Waals surface area (Å²) in [6.45, 7) is 1.94. The molecule has 7 nitrogen and oxygen atoms in total. The smallest absolute Gasteiger partial charge is 0.266 e. The second-order valence-electron chi connectivity index (χ2n) is 6.43. The van der Waals surface area contributed by atoms with Gasteiger partial charge in [0.1, 0.15) is 6.04 Å². The SMILES string of the molecule is CC(C(=O)N1CCC(F)(c2nc(-c3ccccc3)no2)C1)n1cccn1. The summed E-state index contributed by atoms with van der Waals surface area (Å²) in [5.74, 6) is 0.0710. The van der Waals surface area contributed by atoms with Gasteiger partial charge in [-0.3, -0.25) is 9.48 Å². The average Bonchev–Trinajstić information content (AvgIpc) is 3.41. The molecule has 1 amide bonds. The van der Waals surface area contributed by atoms with Gasteiger partial charge in [-0.05, 0) is 13.0 Å². The summed E-state index contributed by atoms with van der Waals surface area (Å²) in [4.78, 5) is 18.3. The molecule has 0 N–H and O–H groups in total. The van der Waals surface area contributed by atoms with Crippen molar-refractivity contribution in [2.75, 3.05) is 13.1 Å². The number of rotatable bonds is 4. The van der Waals surface area contributed by atoms with Crippen molar-refractivity contribution in [3.8, 4) is 11.4 Å². The summed E-state index contributed by atoms with van der Waals surface area (Å²) in [5.41, 5.74) is -1.08. The molecule has 0 aliphatic carbocycles. The summed E-state index contributed by atoms with van der Waals surface area (Å²) in [7, 11) is 0. The van der Waals surface area contributed by atoms with Gasteiger partial charge < -0.3 is 9.42 Å². The third-order valence-corrected chi connectivity index (χ3v) is 4.65. The molecule has 26 heavy (non-hydrogen) atoms. The Morgan fingerprint density at radius 1 is 1.31 bits per heavy atom. The Morgan fingerprint density at radius 3 is 2.85 bits per heavy atom. The van der Waals surface area contributed by atoms with Crippen LogP contribution in [0, 0.1) is 0 Å². The molecule has 0 radical (unpaired) electrons. The predicted octanol–water partition coefficient (Wildman–Crippen LogP) is 2.59. The van der Waals surface area contributed by atoms with Gasteiger partial charge in [0, 0.05) is 30.9 Å². The summed E-state index contributed by atoms with van der Waals surface area (Å²) >= 11 is 0. The van der Waals surface area contributed by atoms with E-state index in [9.17, 15) is 4.79 Å². The van der Waals surface area contributed by atoms with Crippen molar-refractivity contribution >= 4 is 5.91 Å². The quantitative estimate of drug-likeness (QED) is 0.719. The Hall–Kier alpha value is -3.03. The van der Waals surface area contributed by atoms with Crippen molar-refractivity contribution in [1.29, 1.82) is 0 Å². The van der Waals surface area contributed by atoms with Gasteiger partial charge in [-0.2, -0.15) is 10.1 Å². The standard InChI is InChI=1S/C18H18FN5O2/c1-13(24-10-5-9-20-24)16(25)23-11-8-18(19,12-23)17-21-15(22-26-17)14-6-3-2-4-7-14/h2-7,9-10,13H,8,11-12H2,1H3. The third kappa shape index (κ3) is 2.87. The van der Waals surface area contributed by atoms with Gasteiger partial charge in [-0.25, -0.2) is 4.39 Å². The molecule has 1 aliphatic heterocycles. The number of carbonyl (C=O) groups is 1. The highest BCUT2D eigenvalue weighted by Crippen LogP contribution is 2.36. The van der Waals surface area contributed by atoms with Gasteiger partial charge in [-0.1, -0.05) is 35.5 Å². The van der Waals surface area contributed by atoms with Crippen LogP contribution in [0.15, 0.2) is 53.3 Å². The Kier molecular flexibility index (Phi) is 4.02. The van der Waals surface area contributed by atoms with E-state index in [1.165, 1.54) is 4.90 Å². The van der Waals surface area contributed by atoms with Gasteiger partial charge in [0.25, 0.3) is 5.89 Å². The molecule has 2 atom stereocenters. The largest absolute Gasteiger partial charge is 0.337 e. The lowest BCUT2D eigenvalue weighted by molar-refractivity contribution is -0.134. The van der Waals surface area contributed by atoms with E-state index < -0.39 is 11.7 Å². The first-order valence-corrected chi connectivity index (χ1v) is 8.43. The monoisotopic (exact) mass is 355 g/mol. The molecule has 0 bridgehead atoms. The van der Waals surface area contributed by atoms with E-state index in [0.29, 0.717) is 12.4 Å². The molecule has 3 aromatic rings. The number of likely N-dealkylation sites (tertiary alicyclic amines) is 1. The number of carbonyl (C=O) groups excluding carboxylic acids is 1. The fourth-order valence-electron chi connectivity index (χ4n) is 3.13. The van der Waals surface area contributed by atoms with Crippen LogP contribution in [-0.2, 0) is 10.5 Å². The predicted molar refractivity (Wildman–Crippen MR) is 90.7 cm³/mol. The normalized spacial score (nSPS) is 21.1. The molecule has 8 heteroatoms. The van der Waals surface area contributed by atoms with E-state index in [1.54, 1.807) is 30.1 Å². The van der Waals surface area contributed by atoms with E-state index in [0.717, 1.165) is 5.56 Å². The lowest BCUT2D eigenvalue weighted by Crippen LogP contribution is -2.36. The highest BCUT2D eigenvalue weighted by molar-refractivity contribution is 5.80. The maximum atomic E-state index is 15.4. The molecule has 0 spiro atoms. The number of nitrogens with zero attached hydrogens (tertiary/aromatic N) is 5. The third-order valence-electron chi connectivity index (χ3n) is 4.65. The number of hydrogen-bond acceptors (Lipinski definition) is 5. The van der Waals surface area contributed by atoms with Gasteiger partial charge in [0.05, 0.1) is 6.54 Å². The summed E-state index contributed by atoms with van der Waals surface area (Å²) in [6, 6.07) is 10.5. The van der Waals surface area contributed by atoms with Gasteiger partial charge >= 0.3 is 0 Å². The zero-order valence-electron chi connectivity index (χ0n) is 14.2. The van der Waals surface area contributed by atoms with Gasteiger partial charge in [0.2, 0.25) is 17.4 Å². The molecular formula is C18H18FN5O2. The van der Waals surface area contributed by atoms with Crippen LogP contribution < -0.4 is 0 Å². The van der Waals surface area contributed by atoms with Crippen LogP contribution in [0.3, 0.4) is 0 Å². The highest BCUT2D eigenvalue weighted by Gasteiger charge is 2.47. The Morgan fingerprint density at radius 2 is 2.12 bits per heavy atom.